The summed E-state index contributed by atoms with van der Waals surface area (Å²) in [6.45, 7) is 11.9. The highest BCUT2D eigenvalue weighted by Crippen LogP contribution is 2.41. The second kappa shape index (κ2) is 9.19. The Kier molecular flexibility index (Phi) is 6.22. The molecule has 2 saturated heterocycles. The van der Waals surface area contributed by atoms with E-state index in [1.165, 1.54) is 12.5 Å². The average molecular weight is 483 g/mol. The molecule has 0 aliphatic carbocycles. The van der Waals surface area contributed by atoms with Crippen molar-refractivity contribution in [2.45, 2.75) is 70.7 Å². The molecule has 2 fully saturated rings. The summed E-state index contributed by atoms with van der Waals surface area (Å²) in [6.07, 6.45) is 4.95. The average Bonchev–Trinajstić information content (AvgIpc) is 3.38. The van der Waals surface area contributed by atoms with Crippen LogP contribution >= 0.6 is 0 Å². The normalized spacial score (nSPS) is 24.9. The van der Waals surface area contributed by atoms with Crippen LogP contribution in [0.2, 0.25) is 0 Å². The number of H-pyrrole nitrogens is 1. The topological polar surface area (TPSA) is 120 Å². The number of rotatable bonds is 3. The van der Waals surface area contributed by atoms with Crippen molar-refractivity contribution in [1.82, 2.24) is 34.9 Å². The largest absolute Gasteiger partial charge is 0.381 e. The van der Waals surface area contributed by atoms with Crippen LogP contribution in [0.1, 0.15) is 62.3 Å². The number of aromatic nitrogens is 4. The lowest BCUT2D eigenvalue weighted by Gasteiger charge is -2.49. The van der Waals surface area contributed by atoms with Gasteiger partial charge in [0.15, 0.2) is 5.82 Å². The van der Waals surface area contributed by atoms with Crippen LogP contribution in [0.5, 0.6) is 0 Å². The molecule has 0 unspecified atom stereocenters. The molecule has 11 heteroatoms. The Morgan fingerprint density at radius 3 is 2.66 bits per heavy atom. The van der Waals surface area contributed by atoms with Gasteiger partial charge in [0.1, 0.15) is 12.0 Å². The third-order valence-electron chi connectivity index (χ3n) is 7.69. The van der Waals surface area contributed by atoms with Crippen LogP contribution in [-0.2, 0) is 16.8 Å². The monoisotopic (exact) mass is 482 g/mol. The van der Waals surface area contributed by atoms with Crippen molar-refractivity contribution in [3.63, 3.8) is 0 Å². The lowest BCUT2D eigenvalue weighted by Crippen LogP contribution is -2.63. The van der Waals surface area contributed by atoms with Crippen molar-refractivity contribution < 1.29 is 14.3 Å². The number of anilines is 1. The fourth-order valence-electron chi connectivity index (χ4n) is 5.62. The van der Waals surface area contributed by atoms with E-state index in [0.717, 1.165) is 43.9 Å². The first-order valence-electron chi connectivity index (χ1n) is 12.3. The molecule has 0 saturated carbocycles. The predicted molar refractivity (Wildman–Crippen MR) is 129 cm³/mol. The molecule has 11 nitrogen and oxygen atoms in total. The number of aromatic amines is 1. The lowest BCUT2D eigenvalue weighted by atomic mass is 9.99. The summed E-state index contributed by atoms with van der Waals surface area (Å²) in [7, 11) is 0. The van der Waals surface area contributed by atoms with E-state index in [1.54, 1.807) is 6.07 Å². The zero-order valence-electron chi connectivity index (χ0n) is 20.8. The second-order valence-corrected chi connectivity index (χ2v) is 10.3. The number of piperazine rings is 1. The highest BCUT2D eigenvalue weighted by molar-refractivity contribution is 6.02. The van der Waals surface area contributed by atoms with Gasteiger partial charge in [-0.25, -0.2) is 14.8 Å². The van der Waals surface area contributed by atoms with Gasteiger partial charge in [-0.1, -0.05) is 0 Å². The van der Waals surface area contributed by atoms with Crippen molar-refractivity contribution in [2.24, 2.45) is 0 Å². The van der Waals surface area contributed by atoms with Crippen molar-refractivity contribution in [2.75, 3.05) is 31.6 Å². The van der Waals surface area contributed by atoms with Gasteiger partial charge >= 0.3 is 6.03 Å². The number of nitrogens with zero attached hydrogens (tertiary/aromatic N) is 6. The number of hydrogen-bond acceptors (Lipinski definition) is 7. The van der Waals surface area contributed by atoms with Crippen LogP contribution in [0.4, 0.5) is 10.6 Å². The Bertz CT molecular complexity index is 1080. The first-order chi connectivity index (χ1) is 16.8. The Hall–Kier alpha value is -3.05. The number of nitrogens with one attached hydrogen (secondary N) is 2. The smallest absolute Gasteiger partial charge is 0.321 e. The van der Waals surface area contributed by atoms with Gasteiger partial charge in [0, 0.05) is 56.2 Å². The maximum absolute atomic E-state index is 13.9. The fourth-order valence-corrected chi connectivity index (χ4v) is 5.62. The van der Waals surface area contributed by atoms with E-state index in [4.69, 9.17) is 4.74 Å². The summed E-state index contributed by atoms with van der Waals surface area (Å²) in [5.74, 6) is 0.0636. The van der Waals surface area contributed by atoms with Gasteiger partial charge in [0.25, 0.3) is 5.91 Å². The van der Waals surface area contributed by atoms with Gasteiger partial charge in [-0.2, -0.15) is 5.10 Å². The molecule has 0 spiro atoms. The molecule has 2 aromatic heterocycles. The van der Waals surface area contributed by atoms with Gasteiger partial charge < -0.3 is 19.9 Å². The van der Waals surface area contributed by atoms with Gasteiger partial charge in [-0.05, 0) is 46.6 Å². The zero-order valence-corrected chi connectivity index (χ0v) is 20.8. The van der Waals surface area contributed by atoms with Gasteiger partial charge in [0.2, 0.25) is 0 Å². The van der Waals surface area contributed by atoms with Crippen molar-refractivity contribution in [3.05, 3.63) is 35.5 Å². The van der Waals surface area contributed by atoms with Crippen LogP contribution in [-0.4, -0.2) is 91.2 Å². The minimum atomic E-state index is -0.585. The first-order valence-corrected chi connectivity index (χ1v) is 12.3. The van der Waals surface area contributed by atoms with Crippen molar-refractivity contribution in [3.8, 4) is 0 Å². The summed E-state index contributed by atoms with van der Waals surface area (Å²) < 4.78 is 5.55. The van der Waals surface area contributed by atoms with E-state index in [0.29, 0.717) is 24.9 Å². The molecular weight excluding hydrogens is 448 g/mol. The molecule has 3 aliphatic rings. The number of amides is 3. The molecule has 0 radical (unpaired) electrons. The van der Waals surface area contributed by atoms with Crippen LogP contribution < -0.4 is 5.32 Å². The standard InChI is InChI=1S/C24H34N8O3/c1-15-12-31(16(2)11-30(15)17-6-9-35-10-7-17)23(34)32-13-18-20(24(32,3)4)28-29-21(18)27-22(33)19-5-8-25-14-26-19/h5,8,14-17H,6-7,9-13H2,1-4H3,(H2,27,28,29,33)/t15-,16+/m1/s1. The van der Waals surface area contributed by atoms with Gasteiger partial charge in [-0.15, -0.1) is 0 Å². The van der Waals surface area contributed by atoms with E-state index in [-0.39, 0.29) is 29.7 Å². The minimum Gasteiger partial charge on any atom is -0.381 e. The molecule has 5 rings (SSSR count). The molecule has 2 N–H and O–H groups in total. The maximum Gasteiger partial charge on any atom is 0.321 e. The van der Waals surface area contributed by atoms with Crippen LogP contribution in [0, 0.1) is 0 Å². The third kappa shape index (κ3) is 4.27. The van der Waals surface area contributed by atoms with Crippen molar-refractivity contribution in [1.29, 1.82) is 0 Å². The minimum absolute atomic E-state index is 0.0126. The Morgan fingerprint density at radius 2 is 1.94 bits per heavy atom. The SMILES string of the molecule is C[C@@H]1CN(C(=O)N2Cc3c(NC(=O)c4ccncn4)n[nH]c3C2(C)C)[C@@H](C)CN1C1CCOCC1. The van der Waals surface area contributed by atoms with E-state index in [9.17, 15) is 9.59 Å². The first kappa shape index (κ1) is 23.7. The number of urea groups is 1. The van der Waals surface area contributed by atoms with E-state index < -0.39 is 5.54 Å². The van der Waals surface area contributed by atoms with E-state index in [1.807, 2.05) is 23.6 Å². The van der Waals surface area contributed by atoms with Crippen LogP contribution in [0.3, 0.4) is 0 Å². The van der Waals surface area contributed by atoms with Crippen molar-refractivity contribution >= 4 is 17.8 Å². The highest BCUT2D eigenvalue weighted by atomic mass is 16.5. The Labute approximate surface area is 205 Å². The zero-order chi connectivity index (χ0) is 24.7. The molecular formula is C24H34N8O3. The molecule has 5 heterocycles. The molecule has 3 aliphatic heterocycles. The fraction of sp³-hybridized carbons (Fsp3) is 0.625. The summed E-state index contributed by atoms with van der Waals surface area (Å²) in [5, 5.41) is 10.2. The summed E-state index contributed by atoms with van der Waals surface area (Å²) >= 11 is 0. The molecule has 3 amide bonds. The summed E-state index contributed by atoms with van der Waals surface area (Å²) in [5.41, 5.74) is 1.34. The second-order valence-electron chi connectivity index (χ2n) is 10.3. The van der Waals surface area contributed by atoms with Crippen LogP contribution in [0.25, 0.3) is 0 Å². The number of fused-ring (bicyclic) bond motifs is 1. The highest BCUT2D eigenvalue weighted by Gasteiger charge is 2.47. The maximum atomic E-state index is 13.9. The quantitative estimate of drug-likeness (QED) is 0.688. The summed E-state index contributed by atoms with van der Waals surface area (Å²) in [6, 6.07) is 2.47. The molecule has 0 aromatic carbocycles. The molecule has 188 valence electrons. The number of ether oxygens (including phenoxy) is 1. The number of carbonyl (C=O) groups excluding carboxylic acids is 2. The van der Waals surface area contributed by atoms with E-state index in [2.05, 4.69) is 44.2 Å². The van der Waals surface area contributed by atoms with E-state index >= 15 is 0 Å². The van der Waals surface area contributed by atoms with Gasteiger partial charge in [-0.3, -0.25) is 14.8 Å². The molecule has 0 bridgehead atoms. The Balaban J connectivity index is 1.30. The third-order valence-corrected chi connectivity index (χ3v) is 7.69. The predicted octanol–water partition coefficient (Wildman–Crippen LogP) is 2.20. The number of hydrogen-bond donors (Lipinski definition) is 2. The summed E-state index contributed by atoms with van der Waals surface area (Å²) in [4.78, 5) is 40.8. The molecule has 35 heavy (non-hydrogen) atoms. The Morgan fingerprint density at radius 1 is 1.17 bits per heavy atom. The number of carbonyl (C=O) groups is 2. The lowest BCUT2D eigenvalue weighted by molar-refractivity contribution is -0.0237. The molecule has 2 aromatic rings. The van der Waals surface area contributed by atoms with Crippen LogP contribution in [0.15, 0.2) is 18.6 Å². The molecule has 2 atom stereocenters. The van der Waals surface area contributed by atoms with Gasteiger partial charge in [0.05, 0.1) is 17.8 Å².